The topological polar surface area (TPSA) is 83.6 Å². The molecule has 1 saturated heterocycles. The normalized spacial score (nSPS) is 30.6. The molecule has 1 aliphatic carbocycles. The molecule has 7 heteroatoms. The van der Waals surface area contributed by atoms with E-state index in [2.05, 4.69) is 0 Å². The van der Waals surface area contributed by atoms with Gasteiger partial charge in [0.15, 0.2) is 0 Å². The number of hydrogen-bond donors (Lipinski definition) is 2. The van der Waals surface area contributed by atoms with E-state index in [9.17, 15) is 17.9 Å². The van der Waals surface area contributed by atoms with Gasteiger partial charge >= 0.3 is 0 Å². The van der Waals surface area contributed by atoms with Gasteiger partial charge in [-0.3, -0.25) is 0 Å². The number of benzene rings is 1. The molecule has 1 aromatic rings. The highest BCUT2D eigenvalue weighted by Gasteiger charge is 2.45. The van der Waals surface area contributed by atoms with Gasteiger partial charge in [0.05, 0.1) is 16.7 Å². The van der Waals surface area contributed by atoms with Crippen LogP contribution in [0.15, 0.2) is 23.1 Å². The average molecular weight is 300 g/mol. The third kappa shape index (κ3) is 2.10. The predicted octanol–water partition coefficient (Wildman–Crippen LogP) is 0.799. The second-order valence-electron chi connectivity index (χ2n) is 5.57. The van der Waals surface area contributed by atoms with Crippen LogP contribution < -0.4 is 5.73 Å². The first-order valence-corrected chi connectivity index (χ1v) is 8.07. The van der Waals surface area contributed by atoms with E-state index in [1.807, 2.05) is 0 Å². The van der Waals surface area contributed by atoms with Crippen LogP contribution in [0.2, 0.25) is 0 Å². The first-order valence-electron chi connectivity index (χ1n) is 6.63. The highest BCUT2D eigenvalue weighted by Crippen LogP contribution is 2.40. The lowest BCUT2D eigenvalue weighted by atomic mass is 10.00. The molecule has 0 aromatic heterocycles. The van der Waals surface area contributed by atoms with Crippen molar-refractivity contribution >= 4 is 15.7 Å². The van der Waals surface area contributed by atoms with Crippen molar-refractivity contribution in [3.8, 4) is 0 Å². The van der Waals surface area contributed by atoms with Crippen LogP contribution >= 0.6 is 0 Å². The number of nitrogens with zero attached hydrogens (tertiary/aromatic N) is 1. The summed E-state index contributed by atoms with van der Waals surface area (Å²) in [5.41, 5.74) is 5.26. The molecule has 1 aromatic carbocycles. The summed E-state index contributed by atoms with van der Waals surface area (Å²) in [7, 11) is -3.67. The van der Waals surface area contributed by atoms with Crippen molar-refractivity contribution in [1.29, 1.82) is 0 Å². The highest BCUT2D eigenvalue weighted by atomic mass is 32.2. The number of rotatable bonds is 2. The quantitative estimate of drug-likeness (QED) is 0.791. The summed E-state index contributed by atoms with van der Waals surface area (Å²) >= 11 is 0. The molecule has 3 N–H and O–H groups in total. The van der Waals surface area contributed by atoms with Gasteiger partial charge in [-0.1, -0.05) is 0 Å². The fraction of sp³-hybridized carbons (Fsp3) is 0.538. The number of nitrogens with two attached hydrogens (primary N) is 1. The molecule has 0 bridgehead atoms. The summed E-state index contributed by atoms with van der Waals surface area (Å²) < 4.78 is 39.5. The molecule has 0 radical (unpaired) electrons. The molecule has 0 amide bonds. The molecule has 110 valence electrons. The zero-order chi connectivity index (χ0) is 14.5. The third-order valence-corrected chi connectivity index (χ3v) is 6.22. The van der Waals surface area contributed by atoms with Crippen LogP contribution in [0.4, 0.5) is 10.1 Å². The van der Waals surface area contributed by atoms with Gasteiger partial charge in [0.1, 0.15) is 5.82 Å². The largest absolute Gasteiger partial charge is 0.396 e. The Morgan fingerprint density at radius 1 is 1.30 bits per heavy atom. The fourth-order valence-electron chi connectivity index (χ4n) is 3.22. The van der Waals surface area contributed by atoms with Crippen molar-refractivity contribution < 1.29 is 17.9 Å². The van der Waals surface area contributed by atoms with Crippen LogP contribution in [0, 0.1) is 17.7 Å². The summed E-state index contributed by atoms with van der Waals surface area (Å²) in [6.45, 7) is 0.743. The highest BCUT2D eigenvalue weighted by molar-refractivity contribution is 7.89. The molecule has 5 nitrogen and oxygen atoms in total. The SMILES string of the molecule is Nc1cc(S(=O)(=O)N2CC3CCC(O)C3C2)ccc1F. The van der Waals surface area contributed by atoms with Crippen LogP contribution in [0.25, 0.3) is 0 Å². The van der Waals surface area contributed by atoms with Gasteiger partial charge < -0.3 is 10.8 Å². The number of aliphatic hydroxyl groups is 1. The summed E-state index contributed by atoms with van der Waals surface area (Å²) in [5.74, 6) is -0.391. The van der Waals surface area contributed by atoms with Gasteiger partial charge in [-0.15, -0.1) is 0 Å². The zero-order valence-electron chi connectivity index (χ0n) is 10.9. The molecule has 3 atom stereocenters. The number of aliphatic hydroxyl groups excluding tert-OH is 1. The van der Waals surface area contributed by atoms with Crippen LogP contribution in [-0.4, -0.2) is 37.0 Å². The first-order chi connectivity index (χ1) is 9.39. The summed E-state index contributed by atoms with van der Waals surface area (Å²) in [6.07, 6.45) is 1.18. The number of halogens is 1. The maximum Gasteiger partial charge on any atom is 0.243 e. The molecule has 0 spiro atoms. The minimum absolute atomic E-state index is 0.00543. The van der Waals surface area contributed by atoms with E-state index in [4.69, 9.17) is 5.73 Å². The maximum atomic E-state index is 13.1. The van der Waals surface area contributed by atoms with Crippen molar-refractivity contribution in [3.63, 3.8) is 0 Å². The second-order valence-corrected chi connectivity index (χ2v) is 7.51. The van der Waals surface area contributed by atoms with Gasteiger partial charge in [0, 0.05) is 19.0 Å². The molecule has 3 unspecified atom stereocenters. The molecule has 1 aliphatic heterocycles. The number of sulfonamides is 1. The summed E-state index contributed by atoms with van der Waals surface area (Å²) in [4.78, 5) is 0.00543. The third-order valence-electron chi connectivity index (χ3n) is 4.39. The summed E-state index contributed by atoms with van der Waals surface area (Å²) in [6, 6.07) is 3.44. The van der Waals surface area contributed by atoms with Gasteiger partial charge in [0.25, 0.3) is 0 Å². The molecule has 2 fully saturated rings. The van der Waals surface area contributed by atoms with E-state index in [1.165, 1.54) is 10.4 Å². The smallest absolute Gasteiger partial charge is 0.243 e. The second kappa shape index (κ2) is 4.68. The van der Waals surface area contributed by atoms with E-state index < -0.39 is 21.9 Å². The lowest BCUT2D eigenvalue weighted by molar-refractivity contribution is 0.129. The van der Waals surface area contributed by atoms with Crippen LogP contribution in [0.3, 0.4) is 0 Å². The lowest BCUT2D eigenvalue weighted by Gasteiger charge is -2.18. The fourth-order valence-corrected chi connectivity index (χ4v) is 4.79. The van der Waals surface area contributed by atoms with Crippen LogP contribution in [0.5, 0.6) is 0 Å². The van der Waals surface area contributed by atoms with Crippen molar-refractivity contribution in [2.45, 2.75) is 23.8 Å². The minimum Gasteiger partial charge on any atom is -0.396 e. The van der Waals surface area contributed by atoms with Crippen molar-refractivity contribution in [1.82, 2.24) is 4.31 Å². The molecular weight excluding hydrogens is 283 g/mol. The monoisotopic (exact) mass is 300 g/mol. The Morgan fingerprint density at radius 3 is 2.70 bits per heavy atom. The zero-order valence-corrected chi connectivity index (χ0v) is 11.7. The van der Waals surface area contributed by atoms with E-state index >= 15 is 0 Å². The van der Waals surface area contributed by atoms with Crippen LogP contribution in [-0.2, 0) is 10.0 Å². The minimum atomic E-state index is -3.67. The van der Waals surface area contributed by atoms with E-state index in [1.54, 1.807) is 0 Å². The van der Waals surface area contributed by atoms with Gasteiger partial charge in [0.2, 0.25) is 10.0 Å². The Bertz CT molecular complexity index is 635. The van der Waals surface area contributed by atoms with Gasteiger partial charge in [-0.25, -0.2) is 12.8 Å². The Hall–Kier alpha value is -1.18. The van der Waals surface area contributed by atoms with Crippen molar-refractivity contribution in [2.24, 2.45) is 11.8 Å². The Morgan fingerprint density at radius 2 is 2.05 bits per heavy atom. The lowest BCUT2D eigenvalue weighted by Crippen LogP contribution is -2.31. The maximum absolute atomic E-state index is 13.1. The molecule has 2 aliphatic rings. The number of anilines is 1. The van der Waals surface area contributed by atoms with E-state index in [0.29, 0.717) is 13.1 Å². The molecule has 1 heterocycles. The summed E-state index contributed by atoms with van der Waals surface area (Å²) in [5, 5.41) is 9.84. The molecule has 20 heavy (non-hydrogen) atoms. The Kier molecular flexibility index (Phi) is 3.23. The number of nitrogen functional groups attached to an aromatic ring is 1. The molecule has 3 rings (SSSR count). The van der Waals surface area contributed by atoms with Crippen molar-refractivity contribution in [3.05, 3.63) is 24.0 Å². The Balaban J connectivity index is 1.88. The van der Waals surface area contributed by atoms with E-state index in [-0.39, 0.29) is 22.4 Å². The predicted molar refractivity (Wildman–Crippen MR) is 71.8 cm³/mol. The number of hydrogen-bond acceptors (Lipinski definition) is 4. The van der Waals surface area contributed by atoms with E-state index in [0.717, 1.165) is 25.0 Å². The van der Waals surface area contributed by atoms with Gasteiger partial charge in [-0.05, 0) is 37.0 Å². The average Bonchev–Trinajstić information content (AvgIpc) is 2.96. The standard InChI is InChI=1S/C13H17FN2O3S/c14-11-3-2-9(5-12(11)15)20(18,19)16-6-8-1-4-13(17)10(8)7-16/h2-3,5,8,10,13,17H,1,4,6-7,15H2. The number of fused-ring (bicyclic) bond motifs is 1. The molecular formula is C13H17FN2O3S. The Labute approximate surface area is 117 Å². The molecule has 1 saturated carbocycles. The first kappa shape index (κ1) is 13.8. The van der Waals surface area contributed by atoms with Crippen molar-refractivity contribution in [2.75, 3.05) is 18.8 Å². The van der Waals surface area contributed by atoms with Gasteiger partial charge in [-0.2, -0.15) is 4.31 Å². The van der Waals surface area contributed by atoms with Crippen LogP contribution in [0.1, 0.15) is 12.8 Å².